The van der Waals surface area contributed by atoms with Crippen molar-refractivity contribution in [2.45, 2.75) is 0 Å². The maximum absolute atomic E-state index is 0. The summed E-state index contributed by atoms with van der Waals surface area (Å²) in [6.45, 7) is 0. The quantitative estimate of drug-likeness (QED) is 0.263. The van der Waals surface area contributed by atoms with Crippen molar-refractivity contribution in [2.75, 3.05) is 0 Å². The molecule has 0 saturated heterocycles. The average molecular weight is 83.0 g/mol. The van der Waals surface area contributed by atoms with Gasteiger partial charge in [-0.3, -0.25) is 0 Å². The van der Waals surface area contributed by atoms with E-state index in [0.29, 0.717) is 0 Å². The van der Waals surface area contributed by atoms with Crippen LogP contribution in [0.3, 0.4) is 0 Å². The van der Waals surface area contributed by atoms with Crippen molar-refractivity contribution in [2.24, 2.45) is 0 Å². The van der Waals surface area contributed by atoms with E-state index in [9.17, 15) is 0 Å². The Hall–Kier alpha value is 1.92. The van der Waals surface area contributed by atoms with Crippen molar-refractivity contribution < 1.29 is 40.5 Å². The van der Waals surface area contributed by atoms with Gasteiger partial charge in [0, 0.05) is 0 Å². The van der Waals surface area contributed by atoms with Crippen LogP contribution < -0.4 is 29.6 Å². The van der Waals surface area contributed by atoms with E-state index in [0.717, 1.165) is 0 Å². The Morgan fingerprint density at radius 1 is 0.750 bits per heavy atom. The molecule has 4 heavy (non-hydrogen) atoms. The normalized spacial score (nSPS) is 0. The molecular weight excluding hydrogens is 78.0 g/mol. The van der Waals surface area contributed by atoms with Gasteiger partial charge >= 0.3 is 59.1 Å². The fourth-order valence-corrected chi connectivity index (χ4v) is 0. The van der Waals surface area contributed by atoms with Crippen molar-refractivity contribution in [1.82, 2.24) is 0 Å². The second-order valence-electron chi connectivity index (χ2n) is 0. The Labute approximate surface area is 69.2 Å². The monoisotopic (exact) mass is 83.0 g/mol. The minimum absolute atomic E-state index is 0. The molecule has 4 N–H and O–H groups in total. The number of hydrogen-bond acceptors (Lipinski definition) is 0. The molecule has 0 aliphatic heterocycles. The summed E-state index contributed by atoms with van der Waals surface area (Å²) in [6.07, 6.45) is 0. The van der Waals surface area contributed by atoms with Crippen LogP contribution in [-0.2, 0) is 0 Å². The van der Waals surface area contributed by atoms with Crippen LogP contribution >= 0.6 is 0 Å². The molecule has 2 nitrogen and oxygen atoms in total. The molecule has 18 valence electrons. The van der Waals surface area contributed by atoms with Crippen molar-refractivity contribution in [3.8, 4) is 0 Å². The molecule has 4 heteroatoms. The van der Waals surface area contributed by atoms with E-state index in [1.165, 1.54) is 0 Å². The van der Waals surface area contributed by atoms with Crippen LogP contribution in [-0.4, -0.2) is 40.5 Å². The molecule has 0 aliphatic carbocycles. The van der Waals surface area contributed by atoms with Gasteiger partial charge in [-0.15, -0.1) is 0 Å². The predicted octanol–water partition coefficient (Wildman–Crippen LogP) is -5.29. The molecule has 0 aliphatic rings. The van der Waals surface area contributed by atoms with Crippen LogP contribution in [0.1, 0.15) is 0 Å². The Morgan fingerprint density at radius 3 is 0.750 bits per heavy atom. The van der Waals surface area contributed by atoms with Crippen molar-refractivity contribution in [3.63, 3.8) is 0 Å². The third-order valence-corrected chi connectivity index (χ3v) is 0. The first-order valence-corrected chi connectivity index (χ1v) is 0. The molecule has 0 heterocycles. The van der Waals surface area contributed by atoms with Crippen molar-refractivity contribution in [1.29, 1.82) is 0 Å². The Balaban J connectivity index is 0. The standard InChI is InChI=1S/2Na.2H2O.H/h;;2*1H2;/q;+1;;;. The summed E-state index contributed by atoms with van der Waals surface area (Å²) < 4.78 is 0. The molecule has 0 aromatic rings. The second-order valence-corrected chi connectivity index (χ2v) is 0. The molecule has 0 radical (unpaired) electrons. The third kappa shape index (κ3) is 9.07. The summed E-state index contributed by atoms with van der Waals surface area (Å²) >= 11 is 0. The van der Waals surface area contributed by atoms with E-state index >= 15 is 0 Å². The van der Waals surface area contributed by atoms with Gasteiger partial charge in [0.1, 0.15) is 0 Å². The van der Waals surface area contributed by atoms with Crippen LogP contribution in [0, 0.1) is 0 Å². The van der Waals surface area contributed by atoms with Gasteiger partial charge in [0.05, 0.1) is 0 Å². The molecule has 0 aromatic heterocycles. The third-order valence-electron chi connectivity index (χ3n) is 0. The zero-order valence-electron chi connectivity index (χ0n) is 2.00. The summed E-state index contributed by atoms with van der Waals surface area (Å²) in [5, 5.41) is 0. The van der Waals surface area contributed by atoms with Crippen LogP contribution in [0.5, 0.6) is 0 Å². The molecule has 0 bridgehead atoms. The van der Waals surface area contributed by atoms with Crippen LogP contribution in [0.2, 0.25) is 0 Å². The molecule has 0 unspecified atom stereocenters. The van der Waals surface area contributed by atoms with Crippen molar-refractivity contribution in [3.05, 3.63) is 0 Å². The van der Waals surface area contributed by atoms with E-state index in [4.69, 9.17) is 0 Å². The first-order chi connectivity index (χ1) is 0. The average Bonchev–Trinajstić information content (AvgIpc) is 0. The minimum atomic E-state index is 0. The van der Waals surface area contributed by atoms with Gasteiger partial charge in [0.2, 0.25) is 0 Å². The topological polar surface area (TPSA) is 63.0 Å². The Kier molecular flexibility index (Phi) is 199. The van der Waals surface area contributed by atoms with E-state index < -0.39 is 0 Å². The number of hydrogen-bond donors (Lipinski definition) is 0. The first-order valence-electron chi connectivity index (χ1n) is 0. The van der Waals surface area contributed by atoms with E-state index in [1.54, 1.807) is 0 Å². The van der Waals surface area contributed by atoms with Crippen LogP contribution in [0.25, 0.3) is 0 Å². The maximum atomic E-state index is 0. The summed E-state index contributed by atoms with van der Waals surface area (Å²) in [4.78, 5) is 0. The Bertz CT molecular complexity index is 4.00. The molecule has 0 rings (SSSR count). The zero-order valence-corrected chi connectivity index (χ0v) is 4.00. The zero-order chi connectivity index (χ0) is 0. The van der Waals surface area contributed by atoms with Crippen LogP contribution in [0.4, 0.5) is 0 Å². The number of rotatable bonds is 0. The summed E-state index contributed by atoms with van der Waals surface area (Å²) in [5.41, 5.74) is 0. The van der Waals surface area contributed by atoms with Gasteiger partial charge in [0.25, 0.3) is 0 Å². The molecule has 0 amide bonds. The van der Waals surface area contributed by atoms with Gasteiger partial charge in [-0.05, 0) is 0 Å². The van der Waals surface area contributed by atoms with Gasteiger partial charge in [-0.1, -0.05) is 0 Å². The molecule has 0 spiro atoms. The second kappa shape index (κ2) is 20.5. The van der Waals surface area contributed by atoms with E-state index in [-0.39, 0.29) is 70.1 Å². The van der Waals surface area contributed by atoms with Gasteiger partial charge in [-0.2, -0.15) is 0 Å². The summed E-state index contributed by atoms with van der Waals surface area (Å²) in [7, 11) is 0. The van der Waals surface area contributed by atoms with E-state index in [2.05, 4.69) is 0 Å². The predicted molar refractivity (Wildman–Crippen MR) is 14.4 cm³/mol. The first kappa shape index (κ1) is 38.9. The van der Waals surface area contributed by atoms with Gasteiger partial charge < -0.3 is 11.0 Å². The fourth-order valence-electron chi connectivity index (χ4n) is 0. The molecule has 0 aromatic carbocycles. The summed E-state index contributed by atoms with van der Waals surface area (Å²) in [6, 6.07) is 0. The molecular formula is H5Na2O2+. The van der Waals surface area contributed by atoms with E-state index in [1.807, 2.05) is 0 Å². The van der Waals surface area contributed by atoms with Crippen LogP contribution in [0.15, 0.2) is 0 Å². The fraction of sp³-hybridized carbons (Fsp3) is 0. The Morgan fingerprint density at radius 2 is 0.750 bits per heavy atom. The summed E-state index contributed by atoms with van der Waals surface area (Å²) in [5.74, 6) is 0. The van der Waals surface area contributed by atoms with Gasteiger partial charge in [-0.25, -0.2) is 0 Å². The van der Waals surface area contributed by atoms with Gasteiger partial charge in [0.15, 0.2) is 0 Å². The van der Waals surface area contributed by atoms with Crippen molar-refractivity contribution >= 4 is 29.6 Å². The SMILES string of the molecule is O.O.[Na+].[NaH]. The molecule has 0 atom stereocenters. The molecule has 0 saturated carbocycles. The molecule has 0 fully saturated rings.